The SMILES string of the molecule is CCC(=O)NCC1CCN(C(C)=O)CC1. The third-order valence-corrected chi connectivity index (χ3v) is 2.97. The lowest BCUT2D eigenvalue weighted by molar-refractivity contribution is -0.130. The van der Waals surface area contributed by atoms with Crippen molar-refractivity contribution in [2.24, 2.45) is 5.92 Å². The number of carbonyl (C=O) groups is 2. The Hall–Kier alpha value is -1.06. The Morgan fingerprint density at radius 3 is 2.40 bits per heavy atom. The average molecular weight is 212 g/mol. The van der Waals surface area contributed by atoms with Crippen LogP contribution in [0.2, 0.25) is 0 Å². The van der Waals surface area contributed by atoms with E-state index in [0.29, 0.717) is 12.3 Å². The van der Waals surface area contributed by atoms with Crippen molar-refractivity contribution in [1.29, 1.82) is 0 Å². The Kier molecular flexibility index (Phi) is 4.59. The summed E-state index contributed by atoms with van der Waals surface area (Å²) in [5.74, 6) is 0.811. The third-order valence-electron chi connectivity index (χ3n) is 2.97. The van der Waals surface area contributed by atoms with Gasteiger partial charge in [0.05, 0.1) is 0 Å². The maximum Gasteiger partial charge on any atom is 0.219 e. The molecule has 2 amide bonds. The lowest BCUT2D eigenvalue weighted by Crippen LogP contribution is -2.40. The molecule has 1 fully saturated rings. The van der Waals surface area contributed by atoms with Crippen LogP contribution < -0.4 is 5.32 Å². The average Bonchev–Trinajstić information content (AvgIpc) is 2.26. The van der Waals surface area contributed by atoms with Crippen molar-refractivity contribution in [2.45, 2.75) is 33.1 Å². The van der Waals surface area contributed by atoms with E-state index >= 15 is 0 Å². The lowest BCUT2D eigenvalue weighted by Gasteiger charge is -2.31. The van der Waals surface area contributed by atoms with E-state index in [2.05, 4.69) is 5.32 Å². The molecule has 0 spiro atoms. The summed E-state index contributed by atoms with van der Waals surface area (Å²) in [5.41, 5.74) is 0. The topological polar surface area (TPSA) is 49.4 Å². The summed E-state index contributed by atoms with van der Waals surface area (Å²) in [7, 11) is 0. The van der Waals surface area contributed by atoms with E-state index in [4.69, 9.17) is 0 Å². The van der Waals surface area contributed by atoms with E-state index in [9.17, 15) is 9.59 Å². The second-order valence-electron chi connectivity index (χ2n) is 4.11. The van der Waals surface area contributed by atoms with Crippen molar-refractivity contribution in [3.63, 3.8) is 0 Å². The Labute approximate surface area is 91.0 Å². The molecule has 0 radical (unpaired) electrons. The van der Waals surface area contributed by atoms with E-state index < -0.39 is 0 Å². The molecule has 1 aliphatic rings. The summed E-state index contributed by atoms with van der Waals surface area (Å²) >= 11 is 0. The largest absolute Gasteiger partial charge is 0.356 e. The van der Waals surface area contributed by atoms with Crippen LogP contribution in [0.5, 0.6) is 0 Å². The molecule has 0 aromatic carbocycles. The van der Waals surface area contributed by atoms with Crippen LogP contribution in [0.15, 0.2) is 0 Å². The van der Waals surface area contributed by atoms with Gasteiger partial charge in [-0.05, 0) is 18.8 Å². The van der Waals surface area contributed by atoms with Gasteiger partial charge >= 0.3 is 0 Å². The molecule has 0 saturated carbocycles. The number of likely N-dealkylation sites (tertiary alicyclic amines) is 1. The van der Waals surface area contributed by atoms with Crippen LogP contribution in [0.4, 0.5) is 0 Å². The smallest absolute Gasteiger partial charge is 0.219 e. The van der Waals surface area contributed by atoms with Crippen molar-refractivity contribution in [2.75, 3.05) is 19.6 Å². The minimum absolute atomic E-state index is 0.115. The minimum Gasteiger partial charge on any atom is -0.356 e. The predicted molar refractivity (Wildman–Crippen MR) is 58.3 cm³/mol. The second-order valence-corrected chi connectivity index (χ2v) is 4.11. The fourth-order valence-corrected chi connectivity index (χ4v) is 1.84. The molecule has 4 heteroatoms. The molecule has 1 N–H and O–H groups in total. The van der Waals surface area contributed by atoms with Crippen molar-refractivity contribution < 1.29 is 9.59 Å². The number of piperidine rings is 1. The van der Waals surface area contributed by atoms with Crippen molar-refractivity contribution in [3.8, 4) is 0 Å². The van der Waals surface area contributed by atoms with Gasteiger partial charge in [-0.3, -0.25) is 9.59 Å². The van der Waals surface area contributed by atoms with Crippen LogP contribution in [-0.4, -0.2) is 36.3 Å². The quantitative estimate of drug-likeness (QED) is 0.751. The van der Waals surface area contributed by atoms with Gasteiger partial charge in [-0.2, -0.15) is 0 Å². The zero-order valence-electron chi connectivity index (χ0n) is 9.58. The summed E-state index contributed by atoms with van der Waals surface area (Å²) < 4.78 is 0. The fourth-order valence-electron chi connectivity index (χ4n) is 1.84. The standard InChI is InChI=1S/C11H20N2O2/c1-3-11(15)12-8-10-4-6-13(7-5-10)9(2)14/h10H,3-8H2,1-2H3,(H,12,15). The molecule has 0 aromatic heterocycles. The molecule has 0 aliphatic carbocycles. The molecule has 1 aliphatic heterocycles. The molecule has 0 atom stereocenters. The third kappa shape index (κ3) is 3.90. The second kappa shape index (κ2) is 5.73. The van der Waals surface area contributed by atoms with Gasteiger partial charge in [-0.1, -0.05) is 6.92 Å². The number of rotatable bonds is 3. The first-order valence-electron chi connectivity index (χ1n) is 5.65. The normalized spacial score (nSPS) is 17.6. The number of nitrogens with one attached hydrogen (secondary N) is 1. The van der Waals surface area contributed by atoms with E-state index in [1.807, 2.05) is 11.8 Å². The highest BCUT2D eigenvalue weighted by molar-refractivity contribution is 5.75. The van der Waals surface area contributed by atoms with Crippen LogP contribution in [0.1, 0.15) is 33.1 Å². The molecule has 0 unspecified atom stereocenters. The Morgan fingerprint density at radius 2 is 1.93 bits per heavy atom. The highest BCUT2D eigenvalue weighted by atomic mass is 16.2. The van der Waals surface area contributed by atoms with Gasteiger partial charge in [0.2, 0.25) is 11.8 Å². The van der Waals surface area contributed by atoms with Crippen LogP contribution in [-0.2, 0) is 9.59 Å². The van der Waals surface area contributed by atoms with E-state index in [1.54, 1.807) is 6.92 Å². The molecule has 0 aromatic rings. The summed E-state index contributed by atoms with van der Waals surface area (Å²) in [5, 5.41) is 2.90. The first-order valence-corrected chi connectivity index (χ1v) is 5.65. The van der Waals surface area contributed by atoms with Crippen LogP contribution in [0, 0.1) is 5.92 Å². The van der Waals surface area contributed by atoms with Crippen molar-refractivity contribution in [1.82, 2.24) is 10.2 Å². The highest BCUT2D eigenvalue weighted by Crippen LogP contribution is 2.16. The maximum atomic E-state index is 11.1. The lowest BCUT2D eigenvalue weighted by atomic mass is 9.97. The molecular formula is C11H20N2O2. The molecule has 1 rings (SSSR count). The first kappa shape index (κ1) is 12.0. The molecule has 86 valence electrons. The van der Waals surface area contributed by atoms with Gasteiger partial charge < -0.3 is 10.2 Å². The number of amides is 2. The van der Waals surface area contributed by atoms with Gasteiger partial charge in [0.15, 0.2) is 0 Å². The number of hydrogen-bond acceptors (Lipinski definition) is 2. The zero-order chi connectivity index (χ0) is 11.3. The zero-order valence-corrected chi connectivity index (χ0v) is 9.58. The molecule has 1 heterocycles. The minimum atomic E-state index is 0.115. The van der Waals surface area contributed by atoms with Gasteiger partial charge in [-0.15, -0.1) is 0 Å². The molecular weight excluding hydrogens is 192 g/mol. The highest BCUT2D eigenvalue weighted by Gasteiger charge is 2.20. The van der Waals surface area contributed by atoms with E-state index in [-0.39, 0.29) is 11.8 Å². The number of nitrogens with zero attached hydrogens (tertiary/aromatic N) is 1. The van der Waals surface area contributed by atoms with Crippen molar-refractivity contribution >= 4 is 11.8 Å². The summed E-state index contributed by atoms with van der Waals surface area (Å²) in [6.45, 7) is 5.90. The van der Waals surface area contributed by atoms with Crippen LogP contribution in [0.3, 0.4) is 0 Å². The Morgan fingerprint density at radius 1 is 1.33 bits per heavy atom. The van der Waals surface area contributed by atoms with Gasteiger partial charge in [0.25, 0.3) is 0 Å². The number of carbonyl (C=O) groups excluding carboxylic acids is 2. The van der Waals surface area contributed by atoms with E-state index in [0.717, 1.165) is 32.5 Å². The van der Waals surface area contributed by atoms with Crippen LogP contribution in [0.25, 0.3) is 0 Å². The Bertz CT molecular complexity index is 233. The number of hydrogen-bond donors (Lipinski definition) is 1. The Balaban J connectivity index is 2.20. The molecule has 0 bridgehead atoms. The summed E-state index contributed by atoms with van der Waals surface area (Å²) in [4.78, 5) is 24.0. The van der Waals surface area contributed by atoms with Crippen molar-refractivity contribution in [3.05, 3.63) is 0 Å². The fraction of sp³-hybridized carbons (Fsp3) is 0.818. The summed E-state index contributed by atoms with van der Waals surface area (Å²) in [6, 6.07) is 0. The molecule has 1 saturated heterocycles. The van der Waals surface area contributed by atoms with E-state index in [1.165, 1.54) is 0 Å². The van der Waals surface area contributed by atoms with Gasteiger partial charge in [0.1, 0.15) is 0 Å². The summed E-state index contributed by atoms with van der Waals surface area (Å²) in [6.07, 6.45) is 2.55. The van der Waals surface area contributed by atoms with Gasteiger partial charge in [-0.25, -0.2) is 0 Å². The molecule has 4 nitrogen and oxygen atoms in total. The first-order chi connectivity index (χ1) is 7.13. The molecule has 15 heavy (non-hydrogen) atoms. The monoisotopic (exact) mass is 212 g/mol. The van der Waals surface area contributed by atoms with Crippen LogP contribution >= 0.6 is 0 Å². The predicted octanol–water partition coefficient (Wildman–Crippen LogP) is 0.771. The van der Waals surface area contributed by atoms with Gasteiger partial charge in [0, 0.05) is 33.0 Å². The maximum absolute atomic E-state index is 11.1.